The summed E-state index contributed by atoms with van der Waals surface area (Å²) in [5.41, 5.74) is -0.375. The van der Waals surface area contributed by atoms with Gasteiger partial charge in [0.15, 0.2) is 0 Å². The lowest BCUT2D eigenvalue weighted by atomic mass is 10.1. The summed E-state index contributed by atoms with van der Waals surface area (Å²) in [5.74, 6) is 6.11. The van der Waals surface area contributed by atoms with Gasteiger partial charge < -0.3 is 0 Å². The van der Waals surface area contributed by atoms with Crippen LogP contribution in [0, 0.1) is 11.8 Å². The molecule has 0 heterocycles. The van der Waals surface area contributed by atoms with Crippen molar-refractivity contribution in [2.75, 3.05) is 0 Å². The molecular formula is C24H24F6Si. The maximum absolute atomic E-state index is 12.8. The van der Waals surface area contributed by atoms with Crippen molar-refractivity contribution in [1.82, 2.24) is 0 Å². The van der Waals surface area contributed by atoms with Gasteiger partial charge >= 0.3 is 12.4 Å². The Morgan fingerprint density at radius 2 is 1.16 bits per heavy atom. The van der Waals surface area contributed by atoms with Gasteiger partial charge in [0.2, 0.25) is 0 Å². The molecule has 0 unspecified atom stereocenters. The summed E-state index contributed by atoms with van der Waals surface area (Å²) in [6.45, 7) is 6.25. The minimum atomic E-state index is -4.41. The summed E-state index contributed by atoms with van der Waals surface area (Å²) in [6.07, 6.45) is -6.98. The van der Waals surface area contributed by atoms with Gasteiger partial charge in [0.05, 0.1) is 19.2 Å². The van der Waals surface area contributed by atoms with Crippen LogP contribution >= 0.6 is 0 Å². The zero-order valence-corrected chi connectivity index (χ0v) is 18.6. The SMILES string of the molecule is CC[Si](CC)(CC)/C(C#Cc1ccc(C(F)(F)F)cc1)=C/c1ccc(C(F)(F)F)cc1. The average Bonchev–Trinajstić information content (AvgIpc) is 2.73. The number of rotatable bonds is 5. The third-order valence-electron chi connectivity index (χ3n) is 5.70. The summed E-state index contributed by atoms with van der Waals surface area (Å²) in [5, 5.41) is 0.889. The highest BCUT2D eigenvalue weighted by molar-refractivity contribution is 6.87. The van der Waals surface area contributed by atoms with Crippen LogP contribution in [0.1, 0.15) is 43.0 Å². The van der Waals surface area contributed by atoms with Gasteiger partial charge in [-0.25, -0.2) is 0 Å². The van der Waals surface area contributed by atoms with Gasteiger partial charge in [-0.2, -0.15) is 26.3 Å². The third kappa shape index (κ3) is 6.27. The molecule has 0 aliphatic heterocycles. The van der Waals surface area contributed by atoms with Crippen LogP contribution in [-0.4, -0.2) is 8.07 Å². The van der Waals surface area contributed by atoms with Crippen LogP contribution in [0.25, 0.3) is 6.08 Å². The molecular weight excluding hydrogens is 430 g/mol. The second-order valence-corrected chi connectivity index (χ2v) is 12.6. The van der Waals surface area contributed by atoms with Crippen LogP contribution in [0.5, 0.6) is 0 Å². The molecule has 7 heteroatoms. The van der Waals surface area contributed by atoms with Crippen LogP contribution in [0.15, 0.2) is 53.7 Å². The molecule has 0 spiro atoms. The van der Waals surface area contributed by atoms with Gasteiger partial charge in [-0.05, 0) is 53.2 Å². The zero-order chi connectivity index (χ0) is 23.3. The van der Waals surface area contributed by atoms with Crippen LogP contribution in [0.4, 0.5) is 26.3 Å². The first-order chi connectivity index (χ1) is 14.4. The van der Waals surface area contributed by atoms with Gasteiger partial charge in [0.1, 0.15) is 0 Å². The number of hydrogen-bond donors (Lipinski definition) is 0. The smallest absolute Gasteiger partial charge is 0.166 e. The van der Waals surface area contributed by atoms with E-state index in [-0.39, 0.29) is 0 Å². The average molecular weight is 455 g/mol. The van der Waals surface area contributed by atoms with Gasteiger partial charge in [0, 0.05) is 5.56 Å². The third-order valence-corrected chi connectivity index (χ3v) is 11.2. The first-order valence-corrected chi connectivity index (χ1v) is 12.7. The van der Waals surface area contributed by atoms with Crippen molar-refractivity contribution in [3.8, 4) is 11.8 Å². The van der Waals surface area contributed by atoms with E-state index in [1.807, 2.05) is 6.08 Å². The van der Waals surface area contributed by atoms with E-state index in [1.54, 1.807) is 0 Å². The molecule has 2 rings (SSSR count). The van der Waals surface area contributed by atoms with E-state index in [2.05, 4.69) is 32.6 Å². The molecule has 0 aromatic heterocycles. The molecule has 0 aliphatic carbocycles. The van der Waals surface area contributed by atoms with Crippen molar-refractivity contribution >= 4 is 14.1 Å². The molecule has 0 amide bonds. The second kappa shape index (κ2) is 9.78. The maximum atomic E-state index is 12.8. The number of halogens is 6. The fourth-order valence-corrected chi connectivity index (χ4v) is 6.90. The predicted octanol–water partition coefficient (Wildman–Crippen LogP) is 8.21. The lowest BCUT2D eigenvalue weighted by Gasteiger charge is -2.28. The summed E-state index contributed by atoms with van der Waals surface area (Å²) in [6, 6.07) is 12.3. The van der Waals surface area contributed by atoms with Gasteiger partial charge in [-0.1, -0.05) is 62.9 Å². The molecule has 0 saturated heterocycles. The Bertz CT molecular complexity index is 943. The van der Waals surface area contributed by atoms with Crippen LogP contribution in [0.2, 0.25) is 18.1 Å². The summed E-state index contributed by atoms with van der Waals surface area (Å²) < 4.78 is 76.8. The Balaban J connectivity index is 2.48. The number of hydrogen-bond acceptors (Lipinski definition) is 0. The van der Waals surface area contributed by atoms with E-state index in [0.29, 0.717) is 11.1 Å². The zero-order valence-electron chi connectivity index (χ0n) is 17.6. The van der Waals surface area contributed by atoms with Crippen molar-refractivity contribution in [3.63, 3.8) is 0 Å². The summed E-state index contributed by atoms with van der Waals surface area (Å²) >= 11 is 0. The standard InChI is InChI=1S/C24H24F6Si/c1-4-31(5-2,6-3)22(17-19-9-14-21(15-10-19)24(28,29)30)16-11-18-7-12-20(13-8-18)23(25,26)27/h7-10,12-15,17H,4-6H2,1-3H3/b22-17+. The molecule has 2 aromatic rings. The largest absolute Gasteiger partial charge is 0.416 e. The molecule has 0 nitrogen and oxygen atoms in total. The highest BCUT2D eigenvalue weighted by atomic mass is 28.3. The predicted molar refractivity (Wildman–Crippen MR) is 115 cm³/mol. The van der Waals surface area contributed by atoms with E-state index in [4.69, 9.17) is 0 Å². The lowest BCUT2D eigenvalue weighted by molar-refractivity contribution is -0.138. The number of allylic oxidation sites excluding steroid dienone is 1. The molecule has 31 heavy (non-hydrogen) atoms. The van der Waals surface area contributed by atoms with Crippen LogP contribution < -0.4 is 0 Å². The Kier molecular flexibility index (Phi) is 7.82. The normalized spacial score (nSPS) is 13.0. The summed E-state index contributed by atoms with van der Waals surface area (Å²) in [4.78, 5) is 0. The van der Waals surface area contributed by atoms with Crippen molar-refractivity contribution in [3.05, 3.63) is 76.0 Å². The molecule has 0 atom stereocenters. The fraction of sp³-hybridized carbons (Fsp3) is 0.333. The van der Waals surface area contributed by atoms with E-state index in [9.17, 15) is 26.3 Å². The molecule has 166 valence electrons. The highest BCUT2D eigenvalue weighted by Crippen LogP contribution is 2.32. The highest BCUT2D eigenvalue weighted by Gasteiger charge is 2.32. The Morgan fingerprint density at radius 1 is 0.742 bits per heavy atom. The monoisotopic (exact) mass is 454 g/mol. The van der Waals surface area contributed by atoms with E-state index >= 15 is 0 Å². The van der Waals surface area contributed by atoms with E-state index < -0.39 is 31.6 Å². The molecule has 0 aliphatic rings. The van der Waals surface area contributed by atoms with Crippen molar-refractivity contribution in [2.45, 2.75) is 51.3 Å². The maximum Gasteiger partial charge on any atom is 0.416 e. The van der Waals surface area contributed by atoms with Crippen molar-refractivity contribution < 1.29 is 26.3 Å². The minimum absolute atomic E-state index is 0.456. The minimum Gasteiger partial charge on any atom is -0.166 e. The topological polar surface area (TPSA) is 0 Å². The molecule has 0 saturated carbocycles. The van der Waals surface area contributed by atoms with E-state index in [0.717, 1.165) is 47.6 Å². The molecule has 2 aromatic carbocycles. The molecule has 0 N–H and O–H groups in total. The van der Waals surface area contributed by atoms with Gasteiger partial charge in [-0.15, -0.1) is 0 Å². The summed E-state index contributed by atoms with van der Waals surface area (Å²) in [7, 11) is -1.99. The van der Waals surface area contributed by atoms with Gasteiger partial charge in [-0.3, -0.25) is 0 Å². The lowest BCUT2D eigenvalue weighted by Crippen LogP contribution is -2.34. The Labute approximate surface area is 180 Å². The first-order valence-electron chi connectivity index (χ1n) is 10.0. The quantitative estimate of drug-likeness (QED) is 0.243. The molecule has 0 radical (unpaired) electrons. The molecule has 0 fully saturated rings. The fourth-order valence-electron chi connectivity index (χ4n) is 3.46. The van der Waals surface area contributed by atoms with Gasteiger partial charge in [0.25, 0.3) is 0 Å². The van der Waals surface area contributed by atoms with Crippen LogP contribution in [0.3, 0.4) is 0 Å². The first kappa shape index (κ1) is 24.8. The Morgan fingerprint density at radius 3 is 1.55 bits per heavy atom. The second-order valence-electron chi connectivity index (χ2n) is 7.34. The van der Waals surface area contributed by atoms with E-state index in [1.165, 1.54) is 24.3 Å². The molecule has 0 bridgehead atoms. The van der Waals surface area contributed by atoms with Crippen molar-refractivity contribution in [2.24, 2.45) is 0 Å². The number of benzene rings is 2. The van der Waals surface area contributed by atoms with Crippen molar-refractivity contribution in [1.29, 1.82) is 0 Å². The number of alkyl halides is 6. The van der Waals surface area contributed by atoms with Crippen LogP contribution in [-0.2, 0) is 12.4 Å². The Hall–Kier alpha value is -2.46.